The summed E-state index contributed by atoms with van der Waals surface area (Å²) in [7, 11) is -3.13. The van der Waals surface area contributed by atoms with Crippen LogP contribution in [0.2, 0.25) is 0 Å². The molecule has 3 rings (SSSR count). The minimum atomic E-state index is -3.13. The van der Waals surface area contributed by atoms with Crippen LogP contribution >= 0.6 is 15.9 Å². The summed E-state index contributed by atoms with van der Waals surface area (Å²) < 4.78 is 25.6. The first-order valence-corrected chi connectivity index (χ1v) is 9.56. The number of anilines is 1. The van der Waals surface area contributed by atoms with E-state index in [-0.39, 0.29) is 17.7 Å². The molecule has 5 nitrogen and oxygen atoms in total. The van der Waals surface area contributed by atoms with Crippen LogP contribution in [0.1, 0.15) is 24.3 Å². The minimum Gasteiger partial charge on any atom is -0.325 e. The number of sulfonamides is 1. The number of rotatable bonds is 2. The topological polar surface area (TPSA) is 66.5 Å². The summed E-state index contributed by atoms with van der Waals surface area (Å²) in [5.74, 6) is 0.0543. The molecule has 1 atom stereocenters. The number of carbonyl (C=O) groups excluding carboxylic acids is 1. The number of benzene rings is 1. The van der Waals surface area contributed by atoms with Crippen molar-refractivity contribution in [2.75, 3.05) is 24.7 Å². The zero-order valence-corrected chi connectivity index (χ0v) is 14.1. The molecule has 2 heterocycles. The predicted molar refractivity (Wildman–Crippen MR) is 84.7 cm³/mol. The zero-order chi connectivity index (χ0) is 15.2. The van der Waals surface area contributed by atoms with E-state index in [9.17, 15) is 13.2 Å². The van der Waals surface area contributed by atoms with Crippen LogP contribution in [0.25, 0.3) is 0 Å². The molecule has 1 aromatic rings. The summed E-state index contributed by atoms with van der Waals surface area (Å²) in [5, 5.41) is 2.92. The molecule has 1 amide bonds. The van der Waals surface area contributed by atoms with E-state index in [2.05, 4.69) is 21.2 Å². The van der Waals surface area contributed by atoms with E-state index >= 15 is 0 Å². The molecule has 114 valence electrons. The molecular formula is C14H17BrN2O3S. The van der Waals surface area contributed by atoms with Gasteiger partial charge in [0.15, 0.2) is 0 Å². The summed E-state index contributed by atoms with van der Waals surface area (Å²) in [4.78, 5) is 12.3. The first-order valence-electron chi connectivity index (χ1n) is 6.91. The monoisotopic (exact) mass is 372 g/mol. The van der Waals surface area contributed by atoms with Crippen molar-refractivity contribution in [2.45, 2.75) is 18.8 Å². The minimum absolute atomic E-state index is 0.0286. The first-order chi connectivity index (χ1) is 9.86. The van der Waals surface area contributed by atoms with Gasteiger partial charge in [0.1, 0.15) is 0 Å². The van der Waals surface area contributed by atoms with Crippen LogP contribution in [0.15, 0.2) is 22.7 Å². The Morgan fingerprint density at radius 3 is 2.57 bits per heavy atom. The fraction of sp³-hybridized carbons (Fsp3) is 0.500. The van der Waals surface area contributed by atoms with Crippen molar-refractivity contribution in [2.24, 2.45) is 5.92 Å². The highest BCUT2D eigenvalue weighted by molar-refractivity contribution is 9.10. The van der Waals surface area contributed by atoms with Crippen molar-refractivity contribution >= 4 is 37.5 Å². The first kappa shape index (κ1) is 15.0. The molecule has 0 bridgehead atoms. The van der Waals surface area contributed by atoms with E-state index in [1.54, 1.807) is 0 Å². The van der Waals surface area contributed by atoms with Gasteiger partial charge in [0.25, 0.3) is 0 Å². The SMILES string of the molecule is CS(=O)(=O)N1CCC(C2C(=O)Nc3ccc(Br)cc32)CC1. The second-order valence-corrected chi connectivity index (χ2v) is 8.60. The average Bonchev–Trinajstić information content (AvgIpc) is 2.73. The molecule has 0 aromatic heterocycles. The number of nitrogens with one attached hydrogen (secondary N) is 1. The van der Waals surface area contributed by atoms with Crippen LogP contribution in [0.3, 0.4) is 0 Å². The van der Waals surface area contributed by atoms with Crippen molar-refractivity contribution in [1.29, 1.82) is 0 Å². The summed E-state index contributed by atoms with van der Waals surface area (Å²) in [6, 6.07) is 5.80. The van der Waals surface area contributed by atoms with E-state index < -0.39 is 10.0 Å². The Morgan fingerprint density at radius 2 is 1.95 bits per heavy atom. The van der Waals surface area contributed by atoms with Crippen molar-refractivity contribution in [3.05, 3.63) is 28.2 Å². The van der Waals surface area contributed by atoms with Crippen LogP contribution in [-0.2, 0) is 14.8 Å². The third-order valence-electron chi connectivity index (χ3n) is 4.33. The predicted octanol–water partition coefficient (Wildman–Crippen LogP) is 2.16. The van der Waals surface area contributed by atoms with Gasteiger partial charge in [-0.1, -0.05) is 15.9 Å². The molecule has 0 aliphatic carbocycles. The number of nitrogens with zero attached hydrogens (tertiary/aromatic N) is 1. The molecular weight excluding hydrogens is 356 g/mol. The van der Waals surface area contributed by atoms with Crippen LogP contribution < -0.4 is 5.32 Å². The molecule has 0 spiro atoms. The average molecular weight is 373 g/mol. The van der Waals surface area contributed by atoms with Crippen LogP contribution in [0.5, 0.6) is 0 Å². The fourth-order valence-electron chi connectivity index (χ4n) is 3.27. The molecule has 2 aliphatic heterocycles. The van der Waals surface area contributed by atoms with Gasteiger partial charge in [0, 0.05) is 23.2 Å². The number of fused-ring (bicyclic) bond motifs is 1. The third-order valence-corrected chi connectivity index (χ3v) is 6.12. The lowest BCUT2D eigenvalue weighted by Crippen LogP contribution is -2.40. The van der Waals surface area contributed by atoms with Gasteiger partial charge in [-0.25, -0.2) is 12.7 Å². The summed E-state index contributed by atoms with van der Waals surface area (Å²) >= 11 is 3.45. The molecule has 1 N–H and O–H groups in total. The standard InChI is InChI=1S/C14H17BrN2O3S/c1-21(19,20)17-6-4-9(5-7-17)13-11-8-10(15)2-3-12(11)16-14(13)18/h2-3,8-9,13H,4-7H2,1H3,(H,16,18). The quantitative estimate of drug-likeness (QED) is 0.864. The number of hydrogen-bond donors (Lipinski definition) is 1. The van der Waals surface area contributed by atoms with Gasteiger partial charge in [-0.05, 0) is 42.5 Å². The molecule has 1 saturated heterocycles. The summed E-state index contributed by atoms with van der Waals surface area (Å²) in [6.07, 6.45) is 2.68. The number of carbonyl (C=O) groups is 1. The maximum Gasteiger partial charge on any atom is 0.232 e. The molecule has 2 aliphatic rings. The highest BCUT2D eigenvalue weighted by Gasteiger charge is 2.39. The molecule has 1 aromatic carbocycles. The Bertz CT molecular complexity index is 681. The second kappa shape index (κ2) is 5.37. The highest BCUT2D eigenvalue weighted by atomic mass is 79.9. The van der Waals surface area contributed by atoms with E-state index in [0.717, 1.165) is 28.6 Å². The summed E-state index contributed by atoms with van der Waals surface area (Å²) in [5.41, 5.74) is 1.89. The number of halogens is 1. The van der Waals surface area contributed by atoms with Gasteiger partial charge in [-0.15, -0.1) is 0 Å². The van der Waals surface area contributed by atoms with E-state index in [1.807, 2.05) is 18.2 Å². The van der Waals surface area contributed by atoms with Crippen LogP contribution in [0, 0.1) is 5.92 Å². The van der Waals surface area contributed by atoms with Crippen molar-refractivity contribution < 1.29 is 13.2 Å². The number of amides is 1. The lowest BCUT2D eigenvalue weighted by Gasteiger charge is -2.32. The maximum atomic E-state index is 12.3. The maximum absolute atomic E-state index is 12.3. The van der Waals surface area contributed by atoms with E-state index in [1.165, 1.54) is 10.6 Å². The molecule has 1 fully saturated rings. The van der Waals surface area contributed by atoms with Gasteiger partial charge in [-0.2, -0.15) is 0 Å². The normalized spacial score (nSPS) is 23.9. The van der Waals surface area contributed by atoms with Crippen LogP contribution in [-0.4, -0.2) is 38.0 Å². The zero-order valence-electron chi connectivity index (χ0n) is 11.7. The highest BCUT2D eigenvalue weighted by Crippen LogP contribution is 2.42. The molecule has 7 heteroatoms. The number of hydrogen-bond acceptors (Lipinski definition) is 3. The van der Waals surface area contributed by atoms with Crippen molar-refractivity contribution in [1.82, 2.24) is 4.31 Å². The Kier molecular flexibility index (Phi) is 3.83. The van der Waals surface area contributed by atoms with Gasteiger partial charge in [0.2, 0.25) is 15.9 Å². The molecule has 1 unspecified atom stereocenters. The van der Waals surface area contributed by atoms with E-state index in [0.29, 0.717) is 13.1 Å². The van der Waals surface area contributed by atoms with Crippen molar-refractivity contribution in [3.63, 3.8) is 0 Å². The van der Waals surface area contributed by atoms with Gasteiger partial charge >= 0.3 is 0 Å². The molecule has 0 saturated carbocycles. The summed E-state index contributed by atoms with van der Waals surface area (Å²) in [6.45, 7) is 0.993. The lowest BCUT2D eigenvalue weighted by atomic mass is 9.81. The lowest BCUT2D eigenvalue weighted by molar-refractivity contribution is -0.118. The largest absolute Gasteiger partial charge is 0.325 e. The Balaban J connectivity index is 1.80. The third kappa shape index (κ3) is 2.86. The van der Waals surface area contributed by atoms with Gasteiger partial charge in [0.05, 0.1) is 12.2 Å². The Labute approximate surface area is 132 Å². The second-order valence-electron chi connectivity index (χ2n) is 5.70. The Morgan fingerprint density at radius 1 is 1.29 bits per heavy atom. The number of piperidine rings is 1. The Hall–Kier alpha value is -0.920. The van der Waals surface area contributed by atoms with Gasteiger partial charge < -0.3 is 5.32 Å². The van der Waals surface area contributed by atoms with Crippen molar-refractivity contribution in [3.8, 4) is 0 Å². The molecule has 21 heavy (non-hydrogen) atoms. The fourth-order valence-corrected chi connectivity index (χ4v) is 4.52. The smallest absolute Gasteiger partial charge is 0.232 e. The van der Waals surface area contributed by atoms with E-state index in [4.69, 9.17) is 0 Å². The van der Waals surface area contributed by atoms with Gasteiger partial charge in [-0.3, -0.25) is 4.79 Å². The molecule has 0 radical (unpaired) electrons. The van der Waals surface area contributed by atoms with Crippen LogP contribution in [0.4, 0.5) is 5.69 Å².